The quantitative estimate of drug-likeness (QED) is 0.740. The summed E-state index contributed by atoms with van der Waals surface area (Å²) < 4.78 is 0. The van der Waals surface area contributed by atoms with E-state index < -0.39 is 0 Å². The Hall–Kier alpha value is -2.55. The van der Waals surface area contributed by atoms with Gasteiger partial charge in [0, 0.05) is 16.8 Å². The maximum Gasteiger partial charge on any atom is 0.0651 e. The van der Waals surface area contributed by atoms with Gasteiger partial charge in [-0.2, -0.15) is 5.10 Å². The van der Waals surface area contributed by atoms with Crippen molar-refractivity contribution in [2.75, 3.05) is 5.32 Å². The van der Waals surface area contributed by atoms with Crippen LogP contribution in [-0.2, 0) is 6.42 Å². The van der Waals surface area contributed by atoms with Gasteiger partial charge < -0.3 is 5.32 Å². The number of fused-ring (bicyclic) bond motifs is 1. The average Bonchev–Trinajstić information content (AvgIpc) is 2.95. The van der Waals surface area contributed by atoms with E-state index in [2.05, 4.69) is 59.3 Å². The molecule has 0 aliphatic heterocycles. The van der Waals surface area contributed by atoms with Crippen LogP contribution in [0.5, 0.6) is 0 Å². The van der Waals surface area contributed by atoms with Gasteiger partial charge >= 0.3 is 0 Å². The van der Waals surface area contributed by atoms with E-state index in [9.17, 15) is 0 Å². The molecule has 0 aliphatic carbocycles. The van der Waals surface area contributed by atoms with E-state index in [0.717, 1.165) is 34.3 Å². The van der Waals surface area contributed by atoms with Gasteiger partial charge in [-0.1, -0.05) is 37.8 Å². The van der Waals surface area contributed by atoms with E-state index in [1.54, 1.807) is 0 Å². The lowest BCUT2D eigenvalue weighted by Gasteiger charge is -2.10. The summed E-state index contributed by atoms with van der Waals surface area (Å²) >= 11 is 0. The lowest BCUT2D eigenvalue weighted by molar-refractivity contribution is 1.12. The number of anilines is 1. The number of aryl methyl sites for hydroxylation is 1. The van der Waals surface area contributed by atoms with Gasteiger partial charge in [0.25, 0.3) is 0 Å². The van der Waals surface area contributed by atoms with Crippen LogP contribution >= 0.6 is 0 Å². The summed E-state index contributed by atoms with van der Waals surface area (Å²) in [6.45, 7) is 6.26. The minimum absolute atomic E-state index is 0.899. The molecule has 0 unspecified atom stereocenters. The summed E-state index contributed by atoms with van der Waals surface area (Å²) in [4.78, 5) is 0. The first-order valence-corrected chi connectivity index (χ1v) is 6.74. The highest BCUT2D eigenvalue weighted by Crippen LogP contribution is 2.21. The zero-order valence-electron chi connectivity index (χ0n) is 11.5. The predicted molar refractivity (Wildman–Crippen MR) is 84.6 cm³/mol. The maximum atomic E-state index is 4.11. The highest BCUT2D eigenvalue weighted by atomic mass is 15.1. The van der Waals surface area contributed by atoms with Crippen molar-refractivity contribution in [2.45, 2.75) is 13.3 Å². The van der Waals surface area contributed by atoms with Crippen molar-refractivity contribution in [3.05, 3.63) is 66.4 Å². The summed E-state index contributed by atoms with van der Waals surface area (Å²) in [6, 6.07) is 14.6. The van der Waals surface area contributed by atoms with Gasteiger partial charge in [0.05, 0.1) is 11.7 Å². The second kappa shape index (κ2) is 5.21. The van der Waals surface area contributed by atoms with Crippen LogP contribution in [0, 0.1) is 0 Å². The summed E-state index contributed by atoms with van der Waals surface area (Å²) in [5.74, 6) is 0. The van der Waals surface area contributed by atoms with Gasteiger partial charge in [0.2, 0.25) is 0 Å². The van der Waals surface area contributed by atoms with Gasteiger partial charge in [-0.15, -0.1) is 0 Å². The molecule has 2 N–H and O–H groups in total. The topological polar surface area (TPSA) is 40.7 Å². The largest absolute Gasteiger partial charge is 0.356 e. The third kappa shape index (κ3) is 2.43. The van der Waals surface area contributed by atoms with E-state index >= 15 is 0 Å². The number of hydrogen-bond acceptors (Lipinski definition) is 2. The van der Waals surface area contributed by atoms with Gasteiger partial charge in [-0.25, -0.2) is 0 Å². The second-order valence-electron chi connectivity index (χ2n) is 4.83. The second-order valence-corrected chi connectivity index (χ2v) is 4.83. The molecule has 100 valence electrons. The molecule has 0 atom stereocenters. The normalized spacial score (nSPS) is 10.7. The highest BCUT2D eigenvalue weighted by Gasteiger charge is 2.02. The smallest absolute Gasteiger partial charge is 0.0651 e. The summed E-state index contributed by atoms with van der Waals surface area (Å²) in [5, 5.41) is 11.4. The van der Waals surface area contributed by atoms with Crippen LogP contribution in [0.25, 0.3) is 16.6 Å². The monoisotopic (exact) mass is 263 g/mol. The SMILES string of the molecule is C=C(Nc1ccc2[nH]ncc2c1)c1ccc(CC)cc1. The van der Waals surface area contributed by atoms with Gasteiger partial charge in [0.15, 0.2) is 0 Å². The molecule has 0 radical (unpaired) electrons. The lowest BCUT2D eigenvalue weighted by atomic mass is 10.1. The standard InChI is InChI=1S/C17H17N3/c1-3-13-4-6-14(7-5-13)12(2)19-16-8-9-17-15(10-16)11-18-20-17/h4-11,19H,2-3H2,1H3,(H,18,20). The predicted octanol–water partition coefficient (Wildman–Crippen LogP) is 4.21. The molecule has 3 aromatic rings. The van der Waals surface area contributed by atoms with Gasteiger partial charge in [0.1, 0.15) is 0 Å². The Bertz CT molecular complexity index is 738. The number of benzene rings is 2. The van der Waals surface area contributed by atoms with Crippen molar-refractivity contribution in [3.8, 4) is 0 Å². The number of rotatable bonds is 4. The molecular formula is C17H17N3. The van der Waals surface area contributed by atoms with Crippen molar-refractivity contribution >= 4 is 22.3 Å². The summed E-state index contributed by atoms with van der Waals surface area (Å²) in [5.41, 5.74) is 5.39. The Balaban J connectivity index is 1.80. The van der Waals surface area contributed by atoms with E-state index in [-0.39, 0.29) is 0 Å². The van der Waals surface area contributed by atoms with Crippen molar-refractivity contribution < 1.29 is 0 Å². The summed E-state index contributed by atoms with van der Waals surface area (Å²) in [7, 11) is 0. The zero-order chi connectivity index (χ0) is 13.9. The minimum atomic E-state index is 0.899. The molecule has 0 fully saturated rings. The van der Waals surface area contributed by atoms with Crippen LogP contribution in [0.1, 0.15) is 18.1 Å². The molecule has 0 saturated carbocycles. The molecule has 0 aliphatic rings. The fourth-order valence-electron chi connectivity index (χ4n) is 2.21. The molecule has 20 heavy (non-hydrogen) atoms. The molecule has 1 heterocycles. The maximum absolute atomic E-state index is 4.11. The fraction of sp³-hybridized carbons (Fsp3) is 0.118. The summed E-state index contributed by atoms with van der Waals surface area (Å²) in [6.07, 6.45) is 2.87. The Morgan fingerprint density at radius 2 is 2.00 bits per heavy atom. The number of nitrogens with zero attached hydrogens (tertiary/aromatic N) is 1. The third-order valence-electron chi connectivity index (χ3n) is 3.45. The molecular weight excluding hydrogens is 246 g/mol. The molecule has 3 rings (SSSR count). The van der Waals surface area contributed by atoms with Crippen LogP contribution < -0.4 is 5.32 Å². The van der Waals surface area contributed by atoms with Crippen LogP contribution in [0.3, 0.4) is 0 Å². The van der Waals surface area contributed by atoms with E-state index in [0.29, 0.717) is 0 Å². The van der Waals surface area contributed by atoms with Crippen molar-refractivity contribution in [1.29, 1.82) is 0 Å². The molecule has 3 nitrogen and oxygen atoms in total. The van der Waals surface area contributed by atoms with Crippen molar-refractivity contribution in [2.24, 2.45) is 0 Å². The molecule has 0 saturated heterocycles. The molecule has 0 spiro atoms. The first-order valence-electron chi connectivity index (χ1n) is 6.74. The molecule has 0 amide bonds. The van der Waals surface area contributed by atoms with Gasteiger partial charge in [-0.05, 0) is 35.7 Å². The van der Waals surface area contributed by atoms with Crippen LogP contribution in [-0.4, -0.2) is 10.2 Å². The Morgan fingerprint density at radius 3 is 2.75 bits per heavy atom. The Labute approximate surface area is 118 Å². The Morgan fingerprint density at radius 1 is 1.20 bits per heavy atom. The molecule has 1 aromatic heterocycles. The molecule has 3 heteroatoms. The van der Waals surface area contributed by atoms with Gasteiger partial charge in [-0.3, -0.25) is 5.10 Å². The number of aromatic nitrogens is 2. The van der Waals surface area contributed by atoms with E-state index in [1.807, 2.05) is 18.3 Å². The first-order chi connectivity index (χ1) is 9.76. The number of nitrogens with one attached hydrogen (secondary N) is 2. The minimum Gasteiger partial charge on any atom is -0.356 e. The Kier molecular flexibility index (Phi) is 3.25. The van der Waals surface area contributed by atoms with Crippen LogP contribution in [0.4, 0.5) is 5.69 Å². The highest BCUT2D eigenvalue weighted by molar-refractivity contribution is 5.85. The van der Waals surface area contributed by atoms with Crippen molar-refractivity contribution in [3.63, 3.8) is 0 Å². The number of hydrogen-bond donors (Lipinski definition) is 2. The molecule has 0 bridgehead atoms. The molecule has 2 aromatic carbocycles. The number of H-pyrrole nitrogens is 1. The van der Waals surface area contributed by atoms with Crippen LogP contribution in [0.2, 0.25) is 0 Å². The van der Waals surface area contributed by atoms with E-state index in [4.69, 9.17) is 0 Å². The fourth-order valence-corrected chi connectivity index (χ4v) is 2.21. The van der Waals surface area contributed by atoms with Crippen LogP contribution in [0.15, 0.2) is 55.2 Å². The third-order valence-corrected chi connectivity index (χ3v) is 3.45. The number of aromatic amines is 1. The van der Waals surface area contributed by atoms with E-state index in [1.165, 1.54) is 5.56 Å². The zero-order valence-corrected chi connectivity index (χ0v) is 11.5. The first kappa shape index (κ1) is 12.5. The average molecular weight is 263 g/mol. The lowest BCUT2D eigenvalue weighted by Crippen LogP contribution is -1.97. The van der Waals surface area contributed by atoms with Crippen molar-refractivity contribution in [1.82, 2.24) is 10.2 Å².